The molecule has 0 radical (unpaired) electrons. The van der Waals surface area contributed by atoms with Crippen LogP contribution in [0.25, 0.3) is 0 Å². The largest absolute Gasteiger partial charge is 0.379 e. The summed E-state index contributed by atoms with van der Waals surface area (Å²) in [6.07, 6.45) is 0.997. The van der Waals surface area contributed by atoms with Gasteiger partial charge in [0.05, 0.1) is 18.1 Å². The van der Waals surface area contributed by atoms with Crippen LogP contribution < -0.4 is 5.73 Å². The van der Waals surface area contributed by atoms with Gasteiger partial charge in [-0.15, -0.1) is 0 Å². The van der Waals surface area contributed by atoms with Crippen LogP contribution in [0.2, 0.25) is 0 Å². The van der Waals surface area contributed by atoms with E-state index in [1.807, 2.05) is 0 Å². The van der Waals surface area contributed by atoms with Gasteiger partial charge in [0.1, 0.15) is 5.54 Å². The van der Waals surface area contributed by atoms with Crippen LogP contribution in [0.1, 0.15) is 12.8 Å². The Morgan fingerprint density at radius 1 is 1.53 bits per heavy atom. The molecule has 0 aromatic carbocycles. The summed E-state index contributed by atoms with van der Waals surface area (Å²) < 4.78 is 27.9. The Bertz CT molecular complexity index is 414. The van der Waals surface area contributed by atoms with E-state index in [9.17, 15) is 13.2 Å². The van der Waals surface area contributed by atoms with Crippen LogP contribution in [0.5, 0.6) is 0 Å². The first kappa shape index (κ1) is 12.8. The maximum Gasteiger partial charge on any atom is 0.245 e. The first-order valence-electron chi connectivity index (χ1n) is 5.68. The van der Waals surface area contributed by atoms with E-state index in [0.29, 0.717) is 19.4 Å². The fourth-order valence-electron chi connectivity index (χ4n) is 2.35. The van der Waals surface area contributed by atoms with Gasteiger partial charge in [-0.25, -0.2) is 8.42 Å². The Morgan fingerprint density at radius 2 is 2.24 bits per heavy atom. The Hall–Kier alpha value is -0.660. The van der Waals surface area contributed by atoms with Crippen molar-refractivity contribution in [2.45, 2.75) is 24.4 Å². The number of sulfone groups is 1. The average molecular weight is 262 g/mol. The van der Waals surface area contributed by atoms with Gasteiger partial charge in [0.2, 0.25) is 5.91 Å². The molecule has 2 aliphatic heterocycles. The van der Waals surface area contributed by atoms with E-state index in [2.05, 4.69) is 0 Å². The minimum Gasteiger partial charge on any atom is -0.379 e. The van der Waals surface area contributed by atoms with E-state index >= 15 is 0 Å². The zero-order valence-electron chi connectivity index (χ0n) is 9.89. The maximum atomic E-state index is 12.2. The molecular weight excluding hydrogens is 244 g/mol. The van der Waals surface area contributed by atoms with Gasteiger partial charge in [-0.1, -0.05) is 0 Å². The van der Waals surface area contributed by atoms with Crippen molar-refractivity contribution >= 4 is 15.7 Å². The number of carbonyl (C=O) groups is 1. The Kier molecular flexibility index (Phi) is 3.17. The van der Waals surface area contributed by atoms with Gasteiger partial charge in [0.25, 0.3) is 0 Å². The van der Waals surface area contributed by atoms with Gasteiger partial charge in [-0.2, -0.15) is 0 Å². The Labute approximate surface area is 101 Å². The molecule has 7 heteroatoms. The molecule has 0 saturated carbocycles. The van der Waals surface area contributed by atoms with E-state index in [4.69, 9.17) is 10.5 Å². The third-order valence-corrected chi connectivity index (χ3v) is 5.30. The second kappa shape index (κ2) is 4.22. The van der Waals surface area contributed by atoms with Crippen molar-refractivity contribution in [3.63, 3.8) is 0 Å². The van der Waals surface area contributed by atoms with Crippen LogP contribution in [-0.4, -0.2) is 62.6 Å². The predicted molar refractivity (Wildman–Crippen MR) is 62.2 cm³/mol. The lowest BCUT2D eigenvalue weighted by Crippen LogP contribution is -2.57. The number of hydrogen-bond acceptors (Lipinski definition) is 5. The van der Waals surface area contributed by atoms with Gasteiger partial charge >= 0.3 is 0 Å². The molecule has 2 unspecified atom stereocenters. The number of nitrogens with two attached hydrogens (primary N) is 1. The van der Waals surface area contributed by atoms with Crippen LogP contribution in [-0.2, 0) is 19.4 Å². The molecule has 98 valence electrons. The van der Waals surface area contributed by atoms with Crippen LogP contribution in [0.4, 0.5) is 0 Å². The molecule has 2 heterocycles. The number of likely N-dealkylation sites (N-methyl/N-ethyl adjacent to an activating group) is 1. The lowest BCUT2D eigenvalue weighted by molar-refractivity contribution is -0.137. The van der Waals surface area contributed by atoms with Crippen LogP contribution in [0, 0.1) is 0 Å². The van der Waals surface area contributed by atoms with Crippen molar-refractivity contribution in [2.75, 3.05) is 31.8 Å². The fourth-order valence-corrected chi connectivity index (χ4v) is 4.12. The Balaban J connectivity index is 2.05. The van der Waals surface area contributed by atoms with E-state index in [1.54, 1.807) is 7.05 Å². The number of amides is 1. The van der Waals surface area contributed by atoms with Gasteiger partial charge in [-0.05, 0) is 12.8 Å². The van der Waals surface area contributed by atoms with Gasteiger partial charge < -0.3 is 15.4 Å². The molecule has 1 amide bonds. The third kappa shape index (κ3) is 2.46. The minimum absolute atomic E-state index is 0.0478. The highest BCUT2D eigenvalue weighted by Gasteiger charge is 2.43. The first-order valence-corrected chi connectivity index (χ1v) is 7.50. The van der Waals surface area contributed by atoms with E-state index < -0.39 is 15.4 Å². The second-order valence-electron chi connectivity index (χ2n) is 4.93. The average Bonchev–Trinajstić information content (AvgIpc) is 2.83. The normalized spacial score (nSPS) is 36.0. The summed E-state index contributed by atoms with van der Waals surface area (Å²) >= 11 is 0. The van der Waals surface area contributed by atoms with Crippen LogP contribution in [0.3, 0.4) is 0 Å². The molecule has 2 N–H and O–H groups in total. The van der Waals surface area contributed by atoms with Crippen molar-refractivity contribution in [3.8, 4) is 0 Å². The number of carbonyl (C=O) groups excluding carboxylic acids is 1. The van der Waals surface area contributed by atoms with Gasteiger partial charge in [0.15, 0.2) is 9.84 Å². The van der Waals surface area contributed by atoms with Crippen molar-refractivity contribution in [1.82, 2.24) is 4.90 Å². The molecular formula is C10H18N2O4S. The molecule has 2 fully saturated rings. The van der Waals surface area contributed by atoms with Crippen molar-refractivity contribution < 1.29 is 17.9 Å². The van der Waals surface area contributed by atoms with Crippen LogP contribution >= 0.6 is 0 Å². The summed E-state index contributed by atoms with van der Waals surface area (Å²) in [6, 6.07) is -0.242. The molecule has 0 aromatic heterocycles. The molecule has 0 spiro atoms. The topological polar surface area (TPSA) is 89.7 Å². The summed E-state index contributed by atoms with van der Waals surface area (Å²) in [5.74, 6) is -0.00711. The maximum absolute atomic E-state index is 12.2. The summed E-state index contributed by atoms with van der Waals surface area (Å²) in [5, 5.41) is 0. The highest BCUT2D eigenvalue weighted by molar-refractivity contribution is 7.91. The number of ether oxygens (including phenoxy) is 1. The van der Waals surface area contributed by atoms with E-state index in [1.165, 1.54) is 4.90 Å². The van der Waals surface area contributed by atoms with Crippen LogP contribution in [0.15, 0.2) is 0 Å². The zero-order valence-corrected chi connectivity index (χ0v) is 10.7. The lowest BCUT2D eigenvalue weighted by atomic mass is 9.97. The quantitative estimate of drug-likeness (QED) is 0.671. The standard InChI is InChI=1S/C10H18N2O4S/c1-12(8-2-5-17(14,15)6-8)9(13)10(11)3-4-16-7-10/h8H,2-7,11H2,1H3. The first-order chi connectivity index (χ1) is 7.84. The predicted octanol–water partition coefficient (Wildman–Crippen LogP) is -1.25. The van der Waals surface area contributed by atoms with Gasteiger partial charge in [0, 0.05) is 19.7 Å². The molecule has 0 aromatic rings. The smallest absolute Gasteiger partial charge is 0.245 e. The van der Waals surface area contributed by atoms with Crippen molar-refractivity contribution in [2.24, 2.45) is 5.73 Å². The van der Waals surface area contributed by atoms with E-state index in [0.717, 1.165) is 0 Å². The molecule has 0 aliphatic carbocycles. The highest BCUT2D eigenvalue weighted by atomic mass is 32.2. The summed E-state index contributed by atoms with van der Waals surface area (Å²) in [4.78, 5) is 13.7. The summed E-state index contributed by atoms with van der Waals surface area (Å²) in [5.41, 5.74) is 5.00. The SMILES string of the molecule is CN(C(=O)C1(N)CCOC1)C1CCS(=O)(=O)C1. The molecule has 2 saturated heterocycles. The molecule has 0 bridgehead atoms. The summed E-state index contributed by atoms with van der Waals surface area (Å²) in [6.45, 7) is 0.703. The lowest BCUT2D eigenvalue weighted by Gasteiger charge is -2.31. The number of hydrogen-bond donors (Lipinski definition) is 1. The third-order valence-electron chi connectivity index (χ3n) is 3.55. The molecule has 2 rings (SSSR count). The minimum atomic E-state index is -2.98. The monoisotopic (exact) mass is 262 g/mol. The summed E-state index contributed by atoms with van der Waals surface area (Å²) in [7, 11) is -1.36. The van der Waals surface area contributed by atoms with Gasteiger partial charge in [-0.3, -0.25) is 4.79 Å². The van der Waals surface area contributed by atoms with Crippen molar-refractivity contribution in [1.29, 1.82) is 0 Å². The molecule has 17 heavy (non-hydrogen) atoms. The zero-order chi connectivity index (χ0) is 12.7. The van der Waals surface area contributed by atoms with Crippen molar-refractivity contribution in [3.05, 3.63) is 0 Å². The highest BCUT2D eigenvalue weighted by Crippen LogP contribution is 2.23. The molecule has 2 aliphatic rings. The second-order valence-corrected chi connectivity index (χ2v) is 7.16. The van der Waals surface area contributed by atoms with E-state index in [-0.39, 0.29) is 30.1 Å². The number of rotatable bonds is 2. The number of nitrogens with zero attached hydrogens (tertiary/aromatic N) is 1. The Morgan fingerprint density at radius 3 is 2.71 bits per heavy atom. The fraction of sp³-hybridized carbons (Fsp3) is 0.900. The molecule has 2 atom stereocenters. The molecule has 6 nitrogen and oxygen atoms in total.